The maximum Gasteiger partial charge on any atom is 0.416 e. The lowest BCUT2D eigenvalue weighted by Crippen LogP contribution is -2.33. The van der Waals surface area contributed by atoms with Crippen LogP contribution in [-0.2, 0) is 31.7 Å². The minimum atomic E-state index is -4.56. The smallest absolute Gasteiger partial charge is 0.416 e. The molecule has 4 heterocycles. The molecule has 1 saturated carbocycles. The van der Waals surface area contributed by atoms with E-state index in [1.165, 1.54) is 11.0 Å². The molecule has 0 bridgehead atoms. The number of aromatic nitrogens is 3. The summed E-state index contributed by atoms with van der Waals surface area (Å²) in [5.41, 5.74) is 0.401. The van der Waals surface area contributed by atoms with Crippen molar-refractivity contribution in [2.75, 3.05) is 18.0 Å². The minimum Gasteiger partial charge on any atom is -0.448 e. The zero-order valence-electron chi connectivity index (χ0n) is 21.7. The molecule has 1 amide bonds. The highest BCUT2D eigenvalue weighted by atomic mass is 19.4. The summed E-state index contributed by atoms with van der Waals surface area (Å²) in [4.78, 5) is 17.0. The Morgan fingerprint density at radius 1 is 1.16 bits per heavy atom. The Labute approximate surface area is 219 Å². The third-order valence-electron chi connectivity index (χ3n) is 8.55. The Morgan fingerprint density at radius 3 is 2.63 bits per heavy atom. The van der Waals surface area contributed by atoms with Gasteiger partial charge in [0.15, 0.2) is 0 Å². The van der Waals surface area contributed by atoms with Crippen molar-refractivity contribution < 1.29 is 22.4 Å². The fraction of sp³-hybridized carbons (Fsp3) is 0.536. The van der Waals surface area contributed by atoms with Gasteiger partial charge in [-0.1, -0.05) is 19.8 Å². The highest BCUT2D eigenvalue weighted by Crippen LogP contribution is 2.47. The van der Waals surface area contributed by atoms with E-state index in [2.05, 4.69) is 22.0 Å². The third-order valence-corrected chi connectivity index (χ3v) is 8.55. The van der Waals surface area contributed by atoms with E-state index in [0.29, 0.717) is 18.0 Å². The van der Waals surface area contributed by atoms with Crippen molar-refractivity contribution in [1.82, 2.24) is 19.7 Å². The van der Waals surface area contributed by atoms with Gasteiger partial charge in [0.05, 0.1) is 23.8 Å². The van der Waals surface area contributed by atoms with Gasteiger partial charge in [-0.25, -0.2) is 0 Å². The Hall–Kier alpha value is -3.14. The second-order valence-corrected chi connectivity index (χ2v) is 11.3. The lowest BCUT2D eigenvalue weighted by Gasteiger charge is -2.31. The zero-order valence-corrected chi connectivity index (χ0v) is 21.7. The van der Waals surface area contributed by atoms with E-state index in [1.54, 1.807) is 24.7 Å². The monoisotopic (exact) mass is 527 g/mol. The number of carbonyl (C=O) groups excluding carboxylic acids is 1. The molecule has 0 N–H and O–H groups in total. The second-order valence-electron chi connectivity index (χ2n) is 11.3. The van der Waals surface area contributed by atoms with E-state index >= 15 is 0 Å². The van der Waals surface area contributed by atoms with Gasteiger partial charge in [-0.15, -0.1) is 10.2 Å². The minimum absolute atomic E-state index is 0.0140. The number of alkyl halides is 3. The van der Waals surface area contributed by atoms with Crippen LogP contribution >= 0.6 is 0 Å². The summed E-state index contributed by atoms with van der Waals surface area (Å²) in [6, 6.07) is 4.67. The number of anilines is 1. The second kappa shape index (κ2) is 9.25. The van der Waals surface area contributed by atoms with E-state index in [9.17, 15) is 18.0 Å². The lowest BCUT2D eigenvalue weighted by molar-refractivity contribution is -0.138. The Morgan fingerprint density at radius 2 is 1.95 bits per heavy atom. The maximum atomic E-state index is 14.2. The van der Waals surface area contributed by atoms with Crippen molar-refractivity contribution in [3.8, 4) is 0 Å². The molecule has 10 heteroatoms. The number of hydrogen-bond donors (Lipinski definition) is 0. The standard InChI is InChI=1S/C28H32F3N5O2/c1-18-6-5-9-35(13-18)14-19-10-21-22(23(11-19)28(29,30)31)15-36(25(21)37)24-12-20(16-38-24)27(7-3-4-8-27)26-33-32-17-34(26)2/h10-12,16-18H,3-9,13-15H2,1-2H3/t18-/m0/s1. The van der Waals surface area contributed by atoms with E-state index in [-0.39, 0.29) is 23.6 Å². The van der Waals surface area contributed by atoms with E-state index in [0.717, 1.165) is 63.0 Å². The summed E-state index contributed by atoms with van der Waals surface area (Å²) < 4.78 is 50.3. The first kappa shape index (κ1) is 25.2. The Kier molecular flexibility index (Phi) is 6.13. The van der Waals surface area contributed by atoms with Crippen LogP contribution in [0, 0.1) is 5.92 Å². The largest absolute Gasteiger partial charge is 0.448 e. The van der Waals surface area contributed by atoms with Gasteiger partial charge in [0.2, 0.25) is 5.88 Å². The van der Waals surface area contributed by atoms with E-state index in [1.807, 2.05) is 11.6 Å². The Balaban J connectivity index is 1.33. The van der Waals surface area contributed by atoms with Crippen LogP contribution in [0.1, 0.15) is 83.9 Å². The zero-order chi connectivity index (χ0) is 26.7. The molecule has 0 radical (unpaired) electrons. The predicted octanol–water partition coefficient (Wildman–Crippen LogP) is 5.68. The molecular formula is C28H32F3N5O2. The van der Waals surface area contributed by atoms with E-state index < -0.39 is 23.1 Å². The van der Waals surface area contributed by atoms with E-state index in [4.69, 9.17) is 4.42 Å². The Bertz CT molecular complexity index is 1350. The SMILES string of the molecule is C[C@H]1CCCN(Cc2cc3c(c(C(F)(F)F)c2)CN(c2cc(C4(c5nncn5C)CCCC4)co2)C3=O)C1. The highest BCUT2D eigenvalue weighted by molar-refractivity contribution is 6.09. The molecule has 7 nitrogen and oxygen atoms in total. The average Bonchev–Trinajstić information content (AvgIpc) is 3.65. The molecule has 1 atom stereocenters. The number of piperidine rings is 1. The number of fused-ring (bicyclic) bond motifs is 1. The van der Waals surface area contributed by atoms with Crippen molar-refractivity contribution in [3.05, 3.63) is 64.4 Å². The number of furan rings is 1. The molecule has 38 heavy (non-hydrogen) atoms. The first-order valence-corrected chi connectivity index (χ1v) is 13.4. The molecule has 3 aromatic rings. The number of nitrogens with zero attached hydrogens (tertiary/aromatic N) is 5. The van der Waals surface area contributed by atoms with Crippen LogP contribution in [0.25, 0.3) is 0 Å². The fourth-order valence-electron chi connectivity index (χ4n) is 6.73. The van der Waals surface area contributed by atoms with Crippen molar-refractivity contribution in [3.63, 3.8) is 0 Å². The quantitative estimate of drug-likeness (QED) is 0.427. The molecule has 1 aliphatic carbocycles. The first-order valence-electron chi connectivity index (χ1n) is 13.4. The number of rotatable bonds is 5. The number of hydrogen-bond acceptors (Lipinski definition) is 5. The topological polar surface area (TPSA) is 67.4 Å². The van der Waals surface area contributed by atoms with Crippen molar-refractivity contribution >= 4 is 11.8 Å². The first-order chi connectivity index (χ1) is 18.2. The van der Waals surface area contributed by atoms with Crippen molar-refractivity contribution in [1.29, 1.82) is 0 Å². The summed E-state index contributed by atoms with van der Waals surface area (Å²) in [7, 11) is 1.90. The van der Waals surface area contributed by atoms with Gasteiger partial charge >= 0.3 is 6.18 Å². The van der Waals surface area contributed by atoms with Gasteiger partial charge in [0.25, 0.3) is 5.91 Å². The van der Waals surface area contributed by atoms with Crippen LogP contribution in [0.5, 0.6) is 0 Å². The number of aryl methyl sites for hydroxylation is 1. The predicted molar refractivity (Wildman–Crippen MR) is 135 cm³/mol. The number of benzene rings is 1. The summed E-state index contributed by atoms with van der Waals surface area (Å²) in [6.45, 7) is 4.09. The lowest BCUT2D eigenvalue weighted by atomic mass is 9.79. The summed E-state index contributed by atoms with van der Waals surface area (Å²) in [5.74, 6) is 1.14. The number of likely N-dealkylation sites (tertiary alicyclic amines) is 1. The maximum absolute atomic E-state index is 14.2. The molecule has 0 spiro atoms. The van der Waals surface area contributed by atoms with Crippen LogP contribution in [0.4, 0.5) is 19.1 Å². The average molecular weight is 528 g/mol. The van der Waals surface area contributed by atoms with Crippen LogP contribution in [0.3, 0.4) is 0 Å². The molecule has 2 aliphatic heterocycles. The van der Waals surface area contributed by atoms with Gasteiger partial charge in [-0.2, -0.15) is 13.2 Å². The van der Waals surface area contributed by atoms with Gasteiger partial charge in [0, 0.05) is 37.3 Å². The molecule has 2 aromatic heterocycles. The summed E-state index contributed by atoms with van der Waals surface area (Å²) >= 11 is 0. The molecule has 3 aliphatic rings. The van der Waals surface area contributed by atoms with Crippen molar-refractivity contribution in [2.24, 2.45) is 13.0 Å². The molecule has 6 rings (SSSR count). The number of halogens is 3. The molecule has 202 valence electrons. The van der Waals surface area contributed by atoms with Crippen LogP contribution in [0.2, 0.25) is 0 Å². The normalized spacial score (nSPS) is 21.9. The number of amides is 1. The van der Waals surface area contributed by atoms with Gasteiger partial charge in [-0.3, -0.25) is 14.6 Å². The highest BCUT2D eigenvalue weighted by Gasteiger charge is 2.44. The van der Waals surface area contributed by atoms with Crippen LogP contribution in [-0.4, -0.2) is 38.7 Å². The molecule has 0 unspecified atom stereocenters. The molecular weight excluding hydrogens is 495 g/mol. The van der Waals surface area contributed by atoms with Gasteiger partial charge in [-0.05, 0) is 61.4 Å². The van der Waals surface area contributed by atoms with Crippen molar-refractivity contribution in [2.45, 2.75) is 70.1 Å². The van der Waals surface area contributed by atoms with Crippen LogP contribution < -0.4 is 4.90 Å². The molecule has 1 aromatic carbocycles. The van der Waals surface area contributed by atoms with Gasteiger partial charge < -0.3 is 8.98 Å². The van der Waals surface area contributed by atoms with Gasteiger partial charge in [0.1, 0.15) is 12.2 Å². The molecule has 1 saturated heterocycles. The number of carbonyl (C=O) groups is 1. The fourth-order valence-corrected chi connectivity index (χ4v) is 6.73. The summed E-state index contributed by atoms with van der Waals surface area (Å²) in [6.07, 6.45) is 4.67. The third kappa shape index (κ3) is 4.22. The van der Waals surface area contributed by atoms with Crippen LogP contribution in [0.15, 0.2) is 35.2 Å². The molecule has 2 fully saturated rings. The summed E-state index contributed by atoms with van der Waals surface area (Å²) in [5, 5.41) is 8.42.